The molecule has 12 heavy (non-hydrogen) atoms. The first-order chi connectivity index (χ1) is 5.34. The summed E-state index contributed by atoms with van der Waals surface area (Å²) in [5.41, 5.74) is 0. The Morgan fingerprint density at radius 3 is 1.17 bits per heavy atom. The van der Waals surface area contributed by atoms with Crippen LogP contribution in [0, 0.1) is 0 Å². The molecule has 1 saturated carbocycles. The van der Waals surface area contributed by atoms with Crippen LogP contribution in [0.5, 0.6) is 0 Å². The fraction of sp³-hybridized carbons (Fsp3) is 1.00. The van der Waals surface area contributed by atoms with Crippen LogP contribution in [0.1, 0.15) is 12.8 Å². The van der Waals surface area contributed by atoms with Gasteiger partial charge in [-0.2, -0.15) is 0 Å². The van der Waals surface area contributed by atoms with Gasteiger partial charge in [-0.15, -0.1) is 0 Å². The van der Waals surface area contributed by atoms with Crippen LogP contribution in [0.25, 0.3) is 0 Å². The van der Waals surface area contributed by atoms with Crippen molar-refractivity contribution < 1.29 is 0 Å². The molecule has 2 atom stereocenters. The predicted octanol–water partition coefficient (Wildman–Crippen LogP) is 1.77. The molecule has 1 fully saturated rings. The molecule has 0 bridgehead atoms. The number of hydrogen-bond acceptors (Lipinski definition) is 2. The molecular weight excluding hydrogens is 195 g/mol. The van der Waals surface area contributed by atoms with Gasteiger partial charge in [0.1, 0.15) is 10.00 Å². The second-order valence-electron chi connectivity index (χ2n) is 3.81. The topological polar surface area (TPSA) is 6.48 Å². The van der Waals surface area contributed by atoms with Gasteiger partial charge >= 0.3 is 0 Å². The summed E-state index contributed by atoms with van der Waals surface area (Å²) >= 11 is 12.8. The van der Waals surface area contributed by atoms with Gasteiger partial charge in [0.2, 0.25) is 0 Å². The van der Waals surface area contributed by atoms with E-state index in [1.807, 2.05) is 38.0 Å². The summed E-state index contributed by atoms with van der Waals surface area (Å²) in [4.78, 5) is 3.17. The Labute approximate surface area is 84.4 Å². The maximum absolute atomic E-state index is 6.40. The zero-order valence-electron chi connectivity index (χ0n) is 8.06. The first kappa shape index (κ1) is 10.6. The molecule has 0 amide bonds. The van der Waals surface area contributed by atoms with E-state index in [9.17, 15) is 0 Å². The van der Waals surface area contributed by atoms with Crippen molar-refractivity contribution in [1.29, 1.82) is 0 Å². The number of likely N-dealkylation sites (N-methyl/N-ethyl adjacent to an activating group) is 2. The smallest absolute Gasteiger partial charge is 0.128 e. The molecule has 0 saturated heterocycles. The molecule has 4 heteroatoms. The van der Waals surface area contributed by atoms with Crippen molar-refractivity contribution in [1.82, 2.24) is 9.80 Å². The SMILES string of the molecule is CN(C)C1(Cl)CCC1(Cl)N(C)C. The number of halogens is 2. The van der Waals surface area contributed by atoms with E-state index < -0.39 is 10.00 Å². The van der Waals surface area contributed by atoms with Gasteiger partial charge in [0.05, 0.1) is 0 Å². The van der Waals surface area contributed by atoms with Crippen molar-refractivity contribution in [2.45, 2.75) is 22.8 Å². The average Bonchev–Trinajstić information content (AvgIpc) is 1.98. The second-order valence-corrected chi connectivity index (χ2v) is 5.06. The zero-order valence-corrected chi connectivity index (χ0v) is 9.58. The third kappa shape index (κ3) is 1.17. The molecule has 2 nitrogen and oxygen atoms in total. The third-order valence-corrected chi connectivity index (χ3v) is 4.57. The number of alkyl halides is 2. The molecule has 1 aliphatic rings. The van der Waals surface area contributed by atoms with E-state index in [2.05, 4.69) is 0 Å². The standard InChI is InChI=1S/C8H16Cl2N2/c1-11(2)7(9)5-6-8(7,10)12(3)4/h5-6H2,1-4H3. The third-order valence-electron chi connectivity index (χ3n) is 2.79. The maximum Gasteiger partial charge on any atom is 0.128 e. The van der Waals surface area contributed by atoms with Crippen LogP contribution in [-0.2, 0) is 0 Å². The summed E-state index contributed by atoms with van der Waals surface area (Å²) in [6.07, 6.45) is 1.90. The fourth-order valence-corrected chi connectivity index (χ4v) is 2.39. The van der Waals surface area contributed by atoms with Gasteiger partial charge in [0.25, 0.3) is 0 Å². The largest absolute Gasteiger partial charge is 0.289 e. The minimum Gasteiger partial charge on any atom is -0.289 e. The molecule has 0 N–H and O–H groups in total. The van der Waals surface area contributed by atoms with Gasteiger partial charge in [0.15, 0.2) is 0 Å². The van der Waals surface area contributed by atoms with E-state index in [-0.39, 0.29) is 0 Å². The quantitative estimate of drug-likeness (QED) is 0.507. The molecule has 1 rings (SSSR count). The monoisotopic (exact) mass is 210 g/mol. The normalized spacial score (nSPS) is 42.0. The van der Waals surface area contributed by atoms with Crippen LogP contribution in [0.2, 0.25) is 0 Å². The lowest BCUT2D eigenvalue weighted by atomic mass is 9.83. The highest BCUT2D eigenvalue weighted by atomic mass is 35.5. The molecule has 2 unspecified atom stereocenters. The Hall–Kier alpha value is 0.500. The molecule has 0 radical (unpaired) electrons. The van der Waals surface area contributed by atoms with E-state index in [4.69, 9.17) is 23.2 Å². The Morgan fingerprint density at radius 1 is 0.833 bits per heavy atom. The highest BCUT2D eigenvalue weighted by Gasteiger charge is 2.60. The lowest BCUT2D eigenvalue weighted by molar-refractivity contribution is -0.000184. The summed E-state index contributed by atoms with van der Waals surface area (Å²) in [7, 11) is 7.86. The number of nitrogens with zero attached hydrogens (tertiary/aromatic N) is 2. The summed E-state index contributed by atoms with van der Waals surface area (Å²) in [6, 6.07) is 0. The van der Waals surface area contributed by atoms with Crippen LogP contribution < -0.4 is 0 Å². The van der Waals surface area contributed by atoms with Crippen LogP contribution in [0.4, 0.5) is 0 Å². The van der Waals surface area contributed by atoms with Gasteiger partial charge in [0, 0.05) is 0 Å². The Balaban J connectivity index is 2.82. The highest BCUT2D eigenvalue weighted by molar-refractivity contribution is 6.35. The fourth-order valence-electron chi connectivity index (χ4n) is 1.67. The Kier molecular flexibility index (Phi) is 2.66. The van der Waals surface area contributed by atoms with Gasteiger partial charge in [-0.05, 0) is 41.0 Å². The summed E-state index contributed by atoms with van der Waals surface area (Å²) in [6.45, 7) is 0. The predicted molar refractivity (Wildman–Crippen MR) is 53.8 cm³/mol. The van der Waals surface area contributed by atoms with E-state index in [1.54, 1.807) is 0 Å². The molecule has 72 valence electrons. The lowest BCUT2D eigenvalue weighted by Crippen LogP contribution is -2.69. The van der Waals surface area contributed by atoms with Crippen molar-refractivity contribution in [3.05, 3.63) is 0 Å². The van der Waals surface area contributed by atoms with Crippen molar-refractivity contribution in [2.75, 3.05) is 28.2 Å². The summed E-state index contributed by atoms with van der Waals surface area (Å²) in [5, 5.41) is 0. The maximum atomic E-state index is 6.40. The minimum absolute atomic E-state index is 0.405. The molecule has 0 aliphatic heterocycles. The van der Waals surface area contributed by atoms with E-state index in [0.29, 0.717) is 0 Å². The highest BCUT2D eigenvalue weighted by Crippen LogP contribution is 2.54. The van der Waals surface area contributed by atoms with E-state index in [1.165, 1.54) is 0 Å². The van der Waals surface area contributed by atoms with Crippen LogP contribution in [0.3, 0.4) is 0 Å². The van der Waals surface area contributed by atoms with Gasteiger partial charge in [-0.3, -0.25) is 9.80 Å². The molecular formula is C8H16Cl2N2. The molecule has 0 spiro atoms. The molecule has 0 heterocycles. The summed E-state index contributed by atoms with van der Waals surface area (Å²) < 4.78 is 0. The second kappa shape index (κ2) is 3.02. The Bertz CT molecular complexity index is 164. The van der Waals surface area contributed by atoms with Crippen molar-refractivity contribution in [3.8, 4) is 0 Å². The lowest BCUT2D eigenvalue weighted by Gasteiger charge is -2.58. The first-order valence-corrected chi connectivity index (χ1v) is 4.83. The van der Waals surface area contributed by atoms with Gasteiger partial charge in [-0.25, -0.2) is 0 Å². The average molecular weight is 211 g/mol. The molecule has 0 aromatic rings. The van der Waals surface area contributed by atoms with E-state index in [0.717, 1.165) is 12.8 Å². The number of hydrogen-bond donors (Lipinski definition) is 0. The summed E-state index contributed by atoms with van der Waals surface area (Å²) in [5.74, 6) is 0. The molecule has 1 aliphatic carbocycles. The van der Waals surface area contributed by atoms with Crippen LogP contribution >= 0.6 is 23.2 Å². The van der Waals surface area contributed by atoms with Crippen molar-refractivity contribution >= 4 is 23.2 Å². The first-order valence-electron chi connectivity index (χ1n) is 4.07. The van der Waals surface area contributed by atoms with Gasteiger partial charge in [-0.1, -0.05) is 23.2 Å². The van der Waals surface area contributed by atoms with Crippen molar-refractivity contribution in [2.24, 2.45) is 0 Å². The molecule has 0 aromatic heterocycles. The number of rotatable bonds is 2. The zero-order chi connectivity index (χ0) is 9.57. The minimum atomic E-state index is -0.405. The van der Waals surface area contributed by atoms with Crippen molar-refractivity contribution in [3.63, 3.8) is 0 Å². The Morgan fingerprint density at radius 2 is 1.08 bits per heavy atom. The van der Waals surface area contributed by atoms with Gasteiger partial charge < -0.3 is 0 Å². The van der Waals surface area contributed by atoms with E-state index >= 15 is 0 Å². The van der Waals surface area contributed by atoms with Crippen LogP contribution in [-0.4, -0.2) is 48.0 Å². The molecule has 0 aromatic carbocycles. The van der Waals surface area contributed by atoms with Crippen LogP contribution in [0.15, 0.2) is 0 Å².